The van der Waals surface area contributed by atoms with Gasteiger partial charge in [0.2, 0.25) is 0 Å². The summed E-state index contributed by atoms with van der Waals surface area (Å²) in [6.07, 6.45) is 3.16. The fourth-order valence-corrected chi connectivity index (χ4v) is 3.97. The van der Waals surface area contributed by atoms with Gasteiger partial charge in [0.15, 0.2) is 6.29 Å². The lowest BCUT2D eigenvalue weighted by molar-refractivity contribution is -0.203. The highest BCUT2D eigenvalue weighted by Crippen LogP contribution is 2.21. The molecule has 0 amide bonds. The van der Waals surface area contributed by atoms with Gasteiger partial charge in [-0.1, -0.05) is 30.0 Å². The molecule has 3 aromatic carbocycles. The molecule has 0 radical (unpaired) electrons. The number of methoxy groups -OCH3 is 1. The Kier molecular flexibility index (Phi) is 8.06. The minimum Gasteiger partial charge on any atom is -0.385 e. The maximum Gasteiger partial charge on any atom is 0.157 e. The quantitative estimate of drug-likeness (QED) is 0.333. The Morgan fingerprint density at radius 3 is 2.48 bits per heavy atom. The van der Waals surface area contributed by atoms with Crippen LogP contribution in [0.4, 0.5) is 8.78 Å². The molecule has 172 valence electrons. The molecule has 1 heterocycles. The van der Waals surface area contributed by atoms with Gasteiger partial charge < -0.3 is 14.2 Å². The van der Waals surface area contributed by atoms with Gasteiger partial charge in [0, 0.05) is 31.6 Å². The Bertz CT molecular complexity index is 1140. The lowest BCUT2D eigenvalue weighted by atomic mass is 10.0. The number of aryl methyl sites for hydroxylation is 1. The van der Waals surface area contributed by atoms with Crippen LogP contribution in [0.25, 0.3) is 10.8 Å². The van der Waals surface area contributed by atoms with Crippen LogP contribution in [0.3, 0.4) is 0 Å². The molecule has 33 heavy (non-hydrogen) atoms. The van der Waals surface area contributed by atoms with Gasteiger partial charge in [-0.25, -0.2) is 8.78 Å². The van der Waals surface area contributed by atoms with E-state index in [-0.39, 0.29) is 17.9 Å². The first-order valence-corrected chi connectivity index (χ1v) is 11.3. The van der Waals surface area contributed by atoms with E-state index in [1.165, 1.54) is 18.2 Å². The molecule has 0 aromatic heterocycles. The van der Waals surface area contributed by atoms with Crippen LogP contribution in [0.1, 0.15) is 36.0 Å². The number of benzene rings is 3. The van der Waals surface area contributed by atoms with Gasteiger partial charge in [-0.2, -0.15) is 0 Å². The third-order valence-electron chi connectivity index (χ3n) is 5.84. The van der Waals surface area contributed by atoms with Crippen LogP contribution < -0.4 is 0 Å². The fourth-order valence-electron chi connectivity index (χ4n) is 3.97. The minimum atomic E-state index is -0.341. The molecule has 1 fully saturated rings. The number of hydrogen-bond donors (Lipinski definition) is 0. The molecular weight excluding hydrogens is 422 g/mol. The second-order valence-corrected chi connectivity index (χ2v) is 8.41. The van der Waals surface area contributed by atoms with Crippen LogP contribution in [0.15, 0.2) is 54.6 Å². The standard InChI is InChI=1S/C28H28F2O3/c1-31-14-2-3-22-18-32-28(33-19-22)13-7-21-5-9-23(27(30)16-21)8-4-20-6-10-25-17-26(29)12-11-24(25)15-20/h5-6,9-12,15-17,22,28H,2-3,7,13-14,18-19H2,1H3. The molecule has 4 rings (SSSR count). The van der Waals surface area contributed by atoms with Crippen molar-refractivity contribution in [2.45, 2.75) is 32.0 Å². The Balaban J connectivity index is 1.31. The van der Waals surface area contributed by atoms with Gasteiger partial charge in [0.25, 0.3) is 0 Å². The number of hydrogen-bond acceptors (Lipinski definition) is 3. The molecule has 1 aliphatic rings. The highest BCUT2D eigenvalue weighted by atomic mass is 19.1. The van der Waals surface area contributed by atoms with E-state index >= 15 is 0 Å². The van der Waals surface area contributed by atoms with Crippen LogP contribution in [-0.2, 0) is 20.6 Å². The third kappa shape index (κ3) is 6.61. The zero-order valence-electron chi connectivity index (χ0n) is 18.8. The van der Waals surface area contributed by atoms with Crippen LogP contribution in [-0.4, -0.2) is 33.2 Å². The second-order valence-electron chi connectivity index (χ2n) is 8.41. The Morgan fingerprint density at radius 1 is 0.909 bits per heavy atom. The van der Waals surface area contributed by atoms with E-state index in [0.29, 0.717) is 37.5 Å². The molecule has 3 nitrogen and oxygen atoms in total. The van der Waals surface area contributed by atoms with Gasteiger partial charge in [0.1, 0.15) is 11.6 Å². The van der Waals surface area contributed by atoms with E-state index in [4.69, 9.17) is 14.2 Å². The summed E-state index contributed by atoms with van der Waals surface area (Å²) in [6, 6.07) is 15.3. The van der Waals surface area contributed by atoms with Gasteiger partial charge in [-0.15, -0.1) is 0 Å². The van der Waals surface area contributed by atoms with E-state index in [9.17, 15) is 8.78 Å². The van der Waals surface area contributed by atoms with Crippen molar-refractivity contribution in [3.05, 3.63) is 82.9 Å². The van der Waals surface area contributed by atoms with Crippen molar-refractivity contribution in [3.8, 4) is 11.8 Å². The molecule has 1 saturated heterocycles. The summed E-state index contributed by atoms with van der Waals surface area (Å²) in [7, 11) is 1.71. The summed E-state index contributed by atoms with van der Waals surface area (Å²) >= 11 is 0. The van der Waals surface area contributed by atoms with Gasteiger partial charge in [0.05, 0.1) is 18.8 Å². The molecule has 0 saturated carbocycles. The first-order valence-electron chi connectivity index (χ1n) is 11.3. The lowest BCUT2D eigenvalue weighted by Crippen LogP contribution is -2.32. The van der Waals surface area contributed by atoms with Crippen molar-refractivity contribution in [2.24, 2.45) is 5.92 Å². The monoisotopic (exact) mass is 450 g/mol. The first-order chi connectivity index (χ1) is 16.1. The topological polar surface area (TPSA) is 27.7 Å². The third-order valence-corrected chi connectivity index (χ3v) is 5.84. The zero-order valence-corrected chi connectivity index (χ0v) is 18.8. The highest BCUT2D eigenvalue weighted by Gasteiger charge is 2.21. The van der Waals surface area contributed by atoms with E-state index in [1.807, 2.05) is 24.3 Å². The van der Waals surface area contributed by atoms with Crippen molar-refractivity contribution in [3.63, 3.8) is 0 Å². The fraction of sp³-hybridized carbons (Fsp3) is 0.357. The predicted molar refractivity (Wildman–Crippen MR) is 125 cm³/mol. The van der Waals surface area contributed by atoms with Crippen LogP contribution in [0.2, 0.25) is 0 Å². The maximum absolute atomic E-state index is 14.6. The van der Waals surface area contributed by atoms with Crippen molar-refractivity contribution in [2.75, 3.05) is 26.9 Å². The maximum atomic E-state index is 14.6. The van der Waals surface area contributed by atoms with E-state index in [1.54, 1.807) is 19.2 Å². The SMILES string of the molecule is COCCCC1COC(CCc2ccc(C#Cc3ccc4cc(F)ccc4c3)c(F)c2)OC1. The minimum absolute atomic E-state index is 0.243. The molecular formula is C28H28F2O3. The molecule has 0 bridgehead atoms. The van der Waals surface area contributed by atoms with Gasteiger partial charge in [-0.3, -0.25) is 0 Å². The molecule has 0 unspecified atom stereocenters. The van der Waals surface area contributed by atoms with Crippen LogP contribution in [0.5, 0.6) is 0 Å². The van der Waals surface area contributed by atoms with Gasteiger partial charge >= 0.3 is 0 Å². The molecule has 0 aliphatic carbocycles. The highest BCUT2D eigenvalue weighted by molar-refractivity contribution is 5.83. The van der Waals surface area contributed by atoms with Crippen molar-refractivity contribution in [1.82, 2.24) is 0 Å². The predicted octanol–water partition coefficient (Wildman–Crippen LogP) is 5.87. The van der Waals surface area contributed by atoms with E-state index in [0.717, 1.165) is 41.3 Å². The van der Waals surface area contributed by atoms with Crippen LogP contribution in [0, 0.1) is 29.4 Å². The van der Waals surface area contributed by atoms with Crippen LogP contribution >= 0.6 is 0 Å². The Hall–Kier alpha value is -2.78. The van der Waals surface area contributed by atoms with Crippen molar-refractivity contribution < 1.29 is 23.0 Å². The smallest absolute Gasteiger partial charge is 0.157 e. The molecule has 5 heteroatoms. The van der Waals surface area contributed by atoms with Gasteiger partial charge in [-0.05, 0) is 72.0 Å². The summed E-state index contributed by atoms with van der Waals surface area (Å²) in [6.45, 7) is 2.15. The Labute approximate surface area is 193 Å². The largest absolute Gasteiger partial charge is 0.385 e. The summed E-state index contributed by atoms with van der Waals surface area (Å²) < 4.78 is 44.6. The number of ether oxygens (including phenoxy) is 3. The molecule has 3 aromatic rings. The molecule has 0 spiro atoms. The molecule has 0 atom stereocenters. The zero-order chi connectivity index (χ0) is 23.0. The summed E-state index contributed by atoms with van der Waals surface area (Å²) in [5.74, 6) is 5.71. The average molecular weight is 451 g/mol. The van der Waals surface area contributed by atoms with E-state index in [2.05, 4.69) is 11.8 Å². The van der Waals surface area contributed by atoms with Crippen molar-refractivity contribution >= 4 is 10.8 Å². The number of rotatable bonds is 7. The number of fused-ring (bicyclic) bond motifs is 1. The van der Waals surface area contributed by atoms with E-state index < -0.39 is 0 Å². The normalized spacial score (nSPS) is 18.2. The number of halogens is 2. The van der Waals surface area contributed by atoms with Crippen molar-refractivity contribution in [1.29, 1.82) is 0 Å². The summed E-state index contributed by atoms with van der Waals surface area (Å²) in [4.78, 5) is 0. The summed E-state index contributed by atoms with van der Waals surface area (Å²) in [5, 5.41) is 1.70. The lowest BCUT2D eigenvalue weighted by Gasteiger charge is -2.29. The summed E-state index contributed by atoms with van der Waals surface area (Å²) in [5.41, 5.74) is 1.99. The Morgan fingerprint density at radius 2 is 1.70 bits per heavy atom. The molecule has 1 aliphatic heterocycles. The second kappa shape index (κ2) is 11.4. The average Bonchev–Trinajstić information content (AvgIpc) is 2.83. The first kappa shape index (κ1) is 23.4. The molecule has 0 N–H and O–H groups in total.